The van der Waals surface area contributed by atoms with Crippen molar-refractivity contribution in [3.05, 3.63) is 82.9 Å². The van der Waals surface area contributed by atoms with E-state index in [0.29, 0.717) is 37.4 Å². The van der Waals surface area contributed by atoms with Crippen LogP contribution in [0.5, 0.6) is 11.5 Å². The van der Waals surface area contributed by atoms with E-state index in [9.17, 15) is 14.7 Å². The van der Waals surface area contributed by atoms with Gasteiger partial charge in [0.1, 0.15) is 6.04 Å². The molecule has 0 saturated heterocycles. The lowest BCUT2D eigenvalue weighted by Crippen LogP contribution is -2.40. The van der Waals surface area contributed by atoms with Crippen LogP contribution in [0.15, 0.2) is 60.7 Å². The molecule has 0 bridgehead atoms. The number of carbonyl (C=O) groups is 2. The molecule has 0 aliphatic carbocycles. The van der Waals surface area contributed by atoms with Gasteiger partial charge >= 0.3 is 5.97 Å². The first kappa shape index (κ1) is 24.3. The number of amides is 1. The van der Waals surface area contributed by atoms with Crippen LogP contribution >= 0.6 is 0 Å². The van der Waals surface area contributed by atoms with Crippen LogP contribution in [0.2, 0.25) is 0 Å². The molecule has 1 heterocycles. The molecular weight excluding hydrogens is 446 g/mol. The molecule has 2 N–H and O–H groups in total. The smallest absolute Gasteiger partial charge is 0.326 e. The minimum atomic E-state index is -1.04. The largest absolute Gasteiger partial charge is 0.480 e. The summed E-state index contributed by atoms with van der Waals surface area (Å²) in [5, 5.41) is 12.1. The van der Waals surface area contributed by atoms with Crippen molar-refractivity contribution in [3.8, 4) is 22.6 Å². The van der Waals surface area contributed by atoms with Crippen LogP contribution < -0.4 is 14.8 Å². The summed E-state index contributed by atoms with van der Waals surface area (Å²) in [5.41, 5.74) is 4.98. The fourth-order valence-electron chi connectivity index (χ4n) is 4.08. The van der Waals surface area contributed by atoms with Gasteiger partial charge in [-0.1, -0.05) is 49.7 Å². The average Bonchev–Trinajstić information content (AvgIpc) is 3.32. The summed E-state index contributed by atoms with van der Waals surface area (Å²) in [6.07, 6.45) is 1.02. The van der Waals surface area contributed by atoms with Crippen LogP contribution in [0.1, 0.15) is 46.8 Å². The molecule has 182 valence electrons. The van der Waals surface area contributed by atoms with Crippen molar-refractivity contribution in [1.29, 1.82) is 0 Å². The van der Waals surface area contributed by atoms with Crippen LogP contribution in [0.25, 0.3) is 11.1 Å². The first-order chi connectivity index (χ1) is 17.0. The zero-order valence-corrected chi connectivity index (χ0v) is 19.9. The summed E-state index contributed by atoms with van der Waals surface area (Å²) < 4.78 is 16.7. The van der Waals surface area contributed by atoms with Gasteiger partial charge in [0, 0.05) is 5.56 Å². The van der Waals surface area contributed by atoms with Gasteiger partial charge in [-0.05, 0) is 65.4 Å². The summed E-state index contributed by atoms with van der Waals surface area (Å²) in [6.45, 7) is 4.85. The Morgan fingerprint density at radius 2 is 1.69 bits per heavy atom. The van der Waals surface area contributed by atoms with Gasteiger partial charge < -0.3 is 24.6 Å². The maximum Gasteiger partial charge on any atom is 0.326 e. The van der Waals surface area contributed by atoms with E-state index in [4.69, 9.17) is 14.2 Å². The van der Waals surface area contributed by atoms with Crippen molar-refractivity contribution in [2.75, 3.05) is 6.79 Å². The molecule has 1 amide bonds. The number of nitrogens with one attached hydrogen (secondary N) is 1. The Hall–Kier alpha value is -3.84. The molecule has 35 heavy (non-hydrogen) atoms. The lowest BCUT2D eigenvalue weighted by atomic mass is 9.93. The second kappa shape index (κ2) is 11.1. The minimum Gasteiger partial charge on any atom is -0.480 e. The molecule has 0 aromatic heterocycles. The predicted molar refractivity (Wildman–Crippen MR) is 131 cm³/mol. The van der Waals surface area contributed by atoms with E-state index in [0.717, 1.165) is 33.6 Å². The fraction of sp³-hybridized carbons (Fsp3) is 0.286. The van der Waals surface area contributed by atoms with Crippen LogP contribution in [0.4, 0.5) is 0 Å². The normalized spacial score (nSPS) is 12.9. The Balaban J connectivity index is 1.54. The number of rotatable bonds is 10. The van der Waals surface area contributed by atoms with E-state index in [1.54, 1.807) is 6.07 Å². The van der Waals surface area contributed by atoms with Gasteiger partial charge in [0.2, 0.25) is 6.79 Å². The van der Waals surface area contributed by atoms with Gasteiger partial charge in [0.05, 0.1) is 13.2 Å². The minimum absolute atomic E-state index is 0.229. The van der Waals surface area contributed by atoms with Crippen molar-refractivity contribution in [2.45, 2.75) is 45.9 Å². The van der Waals surface area contributed by atoms with Crippen molar-refractivity contribution < 1.29 is 28.9 Å². The van der Waals surface area contributed by atoms with Crippen molar-refractivity contribution in [2.24, 2.45) is 0 Å². The third-order valence-corrected chi connectivity index (χ3v) is 5.92. The number of carboxylic acid groups (broad SMARTS) is 1. The number of fused-ring (bicyclic) bond motifs is 1. The zero-order chi connectivity index (χ0) is 24.8. The Kier molecular flexibility index (Phi) is 7.67. The highest BCUT2D eigenvalue weighted by Crippen LogP contribution is 2.33. The van der Waals surface area contributed by atoms with Gasteiger partial charge in [0.15, 0.2) is 11.5 Å². The maximum absolute atomic E-state index is 13.1. The van der Waals surface area contributed by atoms with Crippen LogP contribution in [-0.2, 0) is 22.7 Å². The van der Waals surface area contributed by atoms with E-state index in [1.807, 2.05) is 68.4 Å². The molecule has 3 aromatic rings. The number of benzene rings is 3. The molecule has 1 unspecified atom stereocenters. The molecule has 0 radical (unpaired) electrons. The van der Waals surface area contributed by atoms with Crippen molar-refractivity contribution in [1.82, 2.24) is 5.32 Å². The second-order valence-electron chi connectivity index (χ2n) is 8.53. The summed E-state index contributed by atoms with van der Waals surface area (Å²) in [4.78, 5) is 24.7. The van der Waals surface area contributed by atoms with Gasteiger partial charge in [0.25, 0.3) is 5.91 Å². The Morgan fingerprint density at radius 3 is 2.43 bits per heavy atom. The number of aliphatic carboxylic acids is 1. The molecule has 7 nitrogen and oxygen atoms in total. The highest BCUT2D eigenvalue weighted by atomic mass is 16.7. The lowest BCUT2D eigenvalue weighted by molar-refractivity contribution is -0.139. The number of hydrogen-bond acceptors (Lipinski definition) is 5. The number of carboxylic acids is 1. The van der Waals surface area contributed by atoms with Crippen LogP contribution in [-0.4, -0.2) is 29.8 Å². The molecule has 1 aliphatic rings. The molecular formula is C28H29NO6. The van der Waals surface area contributed by atoms with E-state index in [-0.39, 0.29) is 6.79 Å². The first-order valence-electron chi connectivity index (χ1n) is 11.6. The molecule has 1 atom stereocenters. The second-order valence-corrected chi connectivity index (χ2v) is 8.53. The average molecular weight is 476 g/mol. The number of hydrogen-bond donors (Lipinski definition) is 2. The van der Waals surface area contributed by atoms with Crippen LogP contribution in [0.3, 0.4) is 0 Å². The zero-order valence-electron chi connectivity index (χ0n) is 19.9. The van der Waals surface area contributed by atoms with E-state index < -0.39 is 17.9 Å². The van der Waals surface area contributed by atoms with Crippen molar-refractivity contribution >= 4 is 11.9 Å². The molecule has 4 rings (SSSR count). The number of ether oxygens (including phenoxy) is 3. The van der Waals surface area contributed by atoms with Crippen LogP contribution in [0, 0.1) is 6.92 Å². The maximum atomic E-state index is 13.1. The summed E-state index contributed by atoms with van der Waals surface area (Å²) >= 11 is 0. The summed E-state index contributed by atoms with van der Waals surface area (Å²) in [7, 11) is 0. The summed E-state index contributed by atoms with van der Waals surface area (Å²) in [5.74, 6) is 0.00344. The standard InChI is InChI=1S/C28H29NO6/c1-3-6-24(28(31)32)29-27(30)22-11-9-19(13-23(22)21-8-5-4-7-18(21)2)15-33-16-20-10-12-25-26(14-20)35-17-34-25/h4-5,7-14,24H,3,6,15-17H2,1-2H3,(H,29,30)(H,31,32). The molecule has 0 saturated carbocycles. The topological polar surface area (TPSA) is 94.1 Å². The third kappa shape index (κ3) is 5.81. The first-order valence-corrected chi connectivity index (χ1v) is 11.6. The highest BCUT2D eigenvalue weighted by Gasteiger charge is 2.22. The third-order valence-electron chi connectivity index (χ3n) is 5.92. The number of carbonyl (C=O) groups excluding carboxylic acids is 1. The van der Waals surface area contributed by atoms with Gasteiger partial charge in [-0.25, -0.2) is 4.79 Å². The molecule has 3 aromatic carbocycles. The Labute approximate surface area is 204 Å². The quantitative estimate of drug-likeness (QED) is 0.424. The lowest BCUT2D eigenvalue weighted by Gasteiger charge is -2.17. The molecule has 1 aliphatic heterocycles. The predicted octanol–water partition coefficient (Wildman–Crippen LogP) is 5.09. The molecule has 7 heteroatoms. The molecule has 0 spiro atoms. The number of aryl methyl sites for hydroxylation is 1. The Bertz CT molecular complexity index is 1220. The van der Waals surface area contributed by atoms with Crippen molar-refractivity contribution in [3.63, 3.8) is 0 Å². The van der Waals surface area contributed by atoms with E-state index >= 15 is 0 Å². The van der Waals surface area contributed by atoms with Gasteiger partial charge in [-0.2, -0.15) is 0 Å². The summed E-state index contributed by atoms with van der Waals surface area (Å²) in [6, 6.07) is 18.1. The van der Waals surface area contributed by atoms with Gasteiger partial charge in [-0.3, -0.25) is 4.79 Å². The molecule has 0 fully saturated rings. The monoisotopic (exact) mass is 475 g/mol. The fourth-order valence-corrected chi connectivity index (χ4v) is 4.08. The highest BCUT2D eigenvalue weighted by molar-refractivity contribution is 6.02. The van der Waals surface area contributed by atoms with E-state index in [1.165, 1.54) is 0 Å². The Morgan fingerprint density at radius 1 is 0.971 bits per heavy atom. The van der Waals surface area contributed by atoms with E-state index in [2.05, 4.69) is 5.32 Å². The SMILES string of the molecule is CCCC(NC(=O)c1ccc(COCc2ccc3c(c2)OCO3)cc1-c1ccccc1C)C(=O)O. The van der Waals surface area contributed by atoms with Gasteiger partial charge in [-0.15, -0.1) is 0 Å².